The topological polar surface area (TPSA) is 176 Å². The van der Waals surface area contributed by atoms with Crippen LogP contribution in [0.25, 0.3) is 11.1 Å². The van der Waals surface area contributed by atoms with Crippen molar-refractivity contribution in [1.29, 1.82) is 0 Å². The molecule has 4 amide bonds. The number of ether oxygens (including phenoxy) is 1. The lowest BCUT2D eigenvalue weighted by Crippen LogP contribution is -2.59. The molecular formula is C44H43N5O7. The fourth-order valence-electron chi connectivity index (χ4n) is 6.43. The summed E-state index contributed by atoms with van der Waals surface area (Å²) in [6, 6.07) is 33.7. The van der Waals surface area contributed by atoms with Crippen LogP contribution in [0.1, 0.15) is 28.8 Å². The van der Waals surface area contributed by atoms with Crippen molar-refractivity contribution in [2.75, 3.05) is 6.61 Å². The number of amides is 4. The quantitative estimate of drug-likeness (QED) is 0.141. The van der Waals surface area contributed by atoms with Gasteiger partial charge in [0.2, 0.25) is 17.7 Å². The lowest BCUT2D eigenvalue weighted by atomic mass is 9.99. The van der Waals surface area contributed by atoms with Gasteiger partial charge in [0, 0.05) is 31.2 Å². The molecule has 0 spiro atoms. The number of nitrogens with one attached hydrogen (secondary N) is 4. The van der Waals surface area contributed by atoms with Gasteiger partial charge < -0.3 is 31.1 Å². The number of carboxylic acids is 1. The van der Waals surface area contributed by atoms with Crippen molar-refractivity contribution in [3.63, 3.8) is 0 Å². The Morgan fingerprint density at radius 1 is 0.625 bits per heavy atom. The summed E-state index contributed by atoms with van der Waals surface area (Å²) in [6.45, 7) is -0.417. The minimum absolute atomic E-state index is 0.0197. The molecule has 12 nitrogen and oxygen atoms in total. The first kappa shape index (κ1) is 38.9. The van der Waals surface area contributed by atoms with Crippen LogP contribution in [0.15, 0.2) is 134 Å². The van der Waals surface area contributed by atoms with Crippen molar-refractivity contribution in [1.82, 2.24) is 26.3 Å². The average molecular weight is 754 g/mol. The van der Waals surface area contributed by atoms with Gasteiger partial charge >= 0.3 is 5.97 Å². The molecular weight excluding hydrogens is 711 g/mol. The first-order valence-electron chi connectivity index (χ1n) is 18.4. The van der Waals surface area contributed by atoms with Crippen LogP contribution in [0.4, 0.5) is 0 Å². The van der Waals surface area contributed by atoms with Crippen LogP contribution in [0.3, 0.4) is 0 Å². The number of carboxylic acid groups (broad SMARTS) is 1. The van der Waals surface area contributed by atoms with E-state index < -0.39 is 60.4 Å². The Labute approximate surface area is 324 Å². The summed E-state index contributed by atoms with van der Waals surface area (Å²) in [4.78, 5) is 72.4. The molecule has 5 aromatic rings. The molecule has 0 unspecified atom stereocenters. The maximum Gasteiger partial charge on any atom is 0.326 e. The predicted octanol–water partition coefficient (Wildman–Crippen LogP) is 3.83. The van der Waals surface area contributed by atoms with E-state index in [2.05, 4.69) is 26.3 Å². The van der Waals surface area contributed by atoms with Gasteiger partial charge in [0.05, 0.1) is 0 Å². The van der Waals surface area contributed by atoms with Gasteiger partial charge in [0.1, 0.15) is 29.9 Å². The molecule has 0 fully saturated rings. The van der Waals surface area contributed by atoms with Crippen LogP contribution in [0, 0.1) is 0 Å². The lowest BCUT2D eigenvalue weighted by molar-refractivity contribution is -0.142. The molecule has 3 heterocycles. The molecule has 0 saturated carbocycles. The highest BCUT2D eigenvalue weighted by Crippen LogP contribution is 2.20. The van der Waals surface area contributed by atoms with E-state index in [1.807, 2.05) is 84.9 Å². The van der Waals surface area contributed by atoms with Crippen LogP contribution in [-0.4, -0.2) is 70.5 Å². The smallest absolute Gasteiger partial charge is 0.326 e. The second-order valence-corrected chi connectivity index (χ2v) is 13.6. The summed E-state index contributed by atoms with van der Waals surface area (Å²) >= 11 is 0. The summed E-state index contributed by atoms with van der Waals surface area (Å²) < 4.78 is 5.69. The molecule has 0 saturated heterocycles. The molecule has 2 aliphatic heterocycles. The molecule has 7 rings (SSSR count). The minimum Gasteiger partial charge on any atom is -0.484 e. The molecule has 2 aliphatic rings. The van der Waals surface area contributed by atoms with E-state index in [-0.39, 0.29) is 25.7 Å². The van der Waals surface area contributed by atoms with Crippen molar-refractivity contribution >= 4 is 29.6 Å². The number of hydrogen-bond donors (Lipinski definition) is 5. The SMILES string of the molecule is O=C1COc2ccc(cc2)C[C@@H](C(=O)O)NC(=O)[C@H](CCc2ccccc2)NC(=O)[C@@H](Cc2ccc(-c3ccccc3)cc2)NC(=O)[C@H](Cc2ccccn2)N1. The molecule has 0 radical (unpaired) electrons. The van der Waals surface area contributed by atoms with Gasteiger partial charge in [0.15, 0.2) is 6.61 Å². The summed E-state index contributed by atoms with van der Waals surface area (Å²) in [6.07, 6.45) is 2.13. The third-order valence-corrected chi connectivity index (χ3v) is 9.47. The number of nitrogens with zero attached hydrogens (tertiary/aromatic N) is 1. The zero-order valence-corrected chi connectivity index (χ0v) is 30.6. The van der Waals surface area contributed by atoms with Gasteiger partial charge in [-0.25, -0.2) is 4.79 Å². The number of fused-ring (bicyclic) bond motifs is 16. The van der Waals surface area contributed by atoms with Gasteiger partial charge in [0.25, 0.3) is 5.91 Å². The summed E-state index contributed by atoms with van der Waals surface area (Å²) in [5, 5.41) is 21.1. The second-order valence-electron chi connectivity index (χ2n) is 13.6. The Bertz CT molecular complexity index is 2100. The number of carbonyl (C=O) groups is 5. The maximum atomic E-state index is 14.3. The van der Waals surface area contributed by atoms with Gasteiger partial charge in [-0.1, -0.05) is 103 Å². The van der Waals surface area contributed by atoms with E-state index in [1.165, 1.54) is 0 Å². The van der Waals surface area contributed by atoms with Gasteiger partial charge in [-0.3, -0.25) is 24.2 Å². The molecule has 4 aromatic carbocycles. The lowest BCUT2D eigenvalue weighted by Gasteiger charge is -2.26. The van der Waals surface area contributed by atoms with Crippen molar-refractivity contribution in [2.24, 2.45) is 0 Å². The number of aliphatic carboxylic acids is 1. The van der Waals surface area contributed by atoms with E-state index >= 15 is 0 Å². The van der Waals surface area contributed by atoms with E-state index in [4.69, 9.17) is 4.74 Å². The number of hydrogen-bond acceptors (Lipinski definition) is 7. The fraction of sp³-hybridized carbons (Fsp3) is 0.227. The van der Waals surface area contributed by atoms with E-state index in [9.17, 15) is 29.1 Å². The third kappa shape index (κ3) is 11.1. The maximum absolute atomic E-state index is 14.3. The molecule has 0 aliphatic carbocycles. The third-order valence-electron chi connectivity index (χ3n) is 9.47. The van der Waals surface area contributed by atoms with E-state index in [0.29, 0.717) is 23.4 Å². The van der Waals surface area contributed by atoms with Crippen molar-refractivity contribution < 1.29 is 33.8 Å². The zero-order valence-electron chi connectivity index (χ0n) is 30.6. The highest BCUT2D eigenvalue weighted by Gasteiger charge is 2.32. The standard InChI is InChI=1S/C44H43N5O7/c50-40-28-56-35-21-16-31(17-22-35)26-39(44(54)55)49-41(51)36(23-18-29-9-3-1-4-10-29)47-42(52)37(48-43(53)38(46-40)27-34-13-7-8-24-45-34)25-30-14-19-33(20-15-30)32-11-5-2-6-12-32/h1-17,19-22,24,36-39H,18,23,25-28H2,(H,46,50)(H,47,52)(H,48,53)(H,49,51)(H,54,55)/t36-,37+,38-,39-/m0/s1. The van der Waals surface area contributed by atoms with Crippen molar-refractivity contribution in [2.45, 2.75) is 56.3 Å². The summed E-state index contributed by atoms with van der Waals surface area (Å²) in [5.74, 6) is -3.48. The Balaban J connectivity index is 1.33. The molecule has 2 bridgehead atoms. The number of benzene rings is 4. The highest BCUT2D eigenvalue weighted by atomic mass is 16.5. The van der Waals surface area contributed by atoms with Crippen LogP contribution in [0.2, 0.25) is 0 Å². The Morgan fingerprint density at radius 3 is 1.89 bits per heavy atom. The van der Waals surface area contributed by atoms with Gasteiger partial charge in [-0.05, 0) is 64.9 Å². The van der Waals surface area contributed by atoms with Gasteiger partial charge in [-0.2, -0.15) is 0 Å². The summed E-state index contributed by atoms with van der Waals surface area (Å²) in [7, 11) is 0. The Kier molecular flexibility index (Phi) is 13.2. The molecule has 4 atom stereocenters. The van der Waals surface area contributed by atoms with Crippen LogP contribution >= 0.6 is 0 Å². The largest absolute Gasteiger partial charge is 0.484 e. The first-order chi connectivity index (χ1) is 27.2. The second kappa shape index (κ2) is 19.0. The average Bonchev–Trinajstić information content (AvgIpc) is 3.22. The molecule has 12 heteroatoms. The van der Waals surface area contributed by atoms with Crippen molar-refractivity contribution in [3.8, 4) is 16.9 Å². The van der Waals surface area contributed by atoms with Crippen LogP contribution in [-0.2, 0) is 49.7 Å². The highest BCUT2D eigenvalue weighted by molar-refractivity contribution is 5.95. The minimum atomic E-state index is -1.32. The van der Waals surface area contributed by atoms with Gasteiger partial charge in [-0.15, -0.1) is 0 Å². The fourth-order valence-corrected chi connectivity index (χ4v) is 6.43. The number of aromatic nitrogens is 1. The number of pyridine rings is 1. The molecule has 56 heavy (non-hydrogen) atoms. The zero-order chi connectivity index (χ0) is 39.3. The molecule has 286 valence electrons. The Hall–Kier alpha value is -6.82. The monoisotopic (exact) mass is 753 g/mol. The number of rotatable bonds is 9. The van der Waals surface area contributed by atoms with Crippen LogP contribution in [0.5, 0.6) is 5.75 Å². The predicted molar refractivity (Wildman–Crippen MR) is 209 cm³/mol. The summed E-state index contributed by atoms with van der Waals surface area (Å²) in [5.41, 5.74) is 4.75. The Morgan fingerprint density at radius 2 is 1.23 bits per heavy atom. The van der Waals surface area contributed by atoms with E-state index in [0.717, 1.165) is 22.3 Å². The van der Waals surface area contributed by atoms with E-state index in [1.54, 1.807) is 48.7 Å². The van der Waals surface area contributed by atoms with Crippen LogP contribution < -0.4 is 26.0 Å². The molecule has 1 aromatic heterocycles. The first-order valence-corrected chi connectivity index (χ1v) is 18.4. The molecule has 5 N–H and O–H groups in total. The van der Waals surface area contributed by atoms with Crippen molar-refractivity contribution in [3.05, 3.63) is 156 Å². The normalized spacial score (nSPS) is 19.5. The number of carbonyl (C=O) groups excluding carboxylic acids is 4. The number of aryl methyl sites for hydroxylation is 1.